The Kier molecular flexibility index (Phi) is 4.59. The minimum atomic E-state index is -0.362. The molecule has 2 aliphatic heterocycles. The first kappa shape index (κ1) is 17.0. The zero-order valence-corrected chi connectivity index (χ0v) is 15.0. The molecule has 4 heterocycles. The van der Waals surface area contributed by atoms with Gasteiger partial charge in [-0.3, -0.25) is 14.7 Å². The van der Waals surface area contributed by atoms with Crippen LogP contribution in [0.15, 0.2) is 42.6 Å². The molecule has 0 aromatic carbocycles. The number of amides is 1. The van der Waals surface area contributed by atoms with Crippen molar-refractivity contribution in [3.05, 3.63) is 54.0 Å². The molecular formula is C20H24N4O2. The van der Waals surface area contributed by atoms with E-state index in [1.807, 2.05) is 43.3 Å². The van der Waals surface area contributed by atoms with Gasteiger partial charge in [-0.25, -0.2) is 4.98 Å². The molecule has 0 radical (unpaired) electrons. The first-order valence-electron chi connectivity index (χ1n) is 9.13. The van der Waals surface area contributed by atoms with Gasteiger partial charge in [-0.05, 0) is 38.1 Å². The summed E-state index contributed by atoms with van der Waals surface area (Å²) in [6.45, 7) is 5.62. The lowest BCUT2D eigenvalue weighted by Crippen LogP contribution is -2.40. The largest absolute Gasteiger partial charge is 0.477 e. The van der Waals surface area contributed by atoms with Crippen molar-refractivity contribution >= 4 is 5.91 Å². The van der Waals surface area contributed by atoms with Crippen LogP contribution in [-0.4, -0.2) is 47.0 Å². The molecule has 0 aliphatic carbocycles. The number of hydrogen-bond donors (Lipinski definition) is 1. The van der Waals surface area contributed by atoms with Gasteiger partial charge in [0.2, 0.25) is 11.8 Å². The number of hydrogen-bond acceptors (Lipinski definition) is 5. The fraction of sp³-hybridized carbons (Fsp3) is 0.450. The molecule has 4 rings (SSSR count). The number of likely N-dealkylation sites (tertiary alicyclic amines) is 1. The molecule has 2 aromatic rings. The second-order valence-electron chi connectivity index (χ2n) is 7.27. The second kappa shape index (κ2) is 7.03. The van der Waals surface area contributed by atoms with Crippen LogP contribution in [0.5, 0.6) is 5.88 Å². The molecule has 6 nitrogen and oxygen atoms in total. The molecule has 0 bridgehead atoms. The van der Waals surface area contributed by atoms with Crippen LogP contribution in [0, 0.1) is 18.3 Å². The van der Waals surface area contributed by atoms with Gasteiger partial charge in [0.25, 0.3) is 0 Å². The summed E-state index contributed by atoms with van der Waals surface area (Å²) in [6, 6.07) is 11.7. The van der Waals surface area contributed by atoms with Crippen LogP contribution in [0.2, 0.25) is 0 Å². The Morgan fingerprint density at radius 3 is 3.04 bits per heavy atom. The molecule has 6 heteroatoms. The molecular weight excluding hydrogens is 328 g/mol. The molecule has 1 amide bonds. The maximum Gasteiger partial charge on any atom is 0.228 e. The first-order valence-corrected chi connectivity index (χ1v) is 9.13. The number of pyridine rings is 2. The molecule has 0 saturated carbocycles. The van der Waals surface area contributed by atoms with E-state index in [1.54, 1.807) is 6.20 Å². The van der Waals surface area contributed by atoms with E-state index >= 15 is 0 Å². The second-order valence-corrected chi connectivity index (χ2v) is 7.27. The maximum absolute atomic E-state index is 12.6. The lowest BCUT2D eigenvalue weighted by molar-refractivity contribution is -0.128. The number of carbonyl (C=O) groups is 1. The van der Waals surface area contributed by atoms with E-state index in [-0.39, 0.29) is 17.2 Å². The van der Waals surface area contributed by atoms with Crippen LogP contribution in [0.4, 0.5) is 0 Å². The third kappa shape index (κ3) is 3.29. The zero-order valence-electron chi connectivity index (χ0n) is 15.0. The SMILES string of the molecule is Cc1cccc(CN2CC[C@]3(C2)C(=O)NC[C@@H]3COc2ccccn2)n1. The highest BCUT2D eigenvalue weighted by molar-refractivity contribution is 5.86. The van der Waals surface area contributed by atoms with Crippen molar-refractivity contribution in [2.75, 3.05) is 26.2 Å². The summed E-state index contributed by atoms with van der Waals surface area (Å²) >= 11 is 0. The van der Waals surface area contributed by atoms with Gasteiger partial charge in [0.1, 0.15) is 0 Å². The van der Waals surface area contributed by atoms with Gasteiger partial charge in [0, 0.05) is 43.5 Å². The van der Waals surface area contributed by atoms with E-state index < -0.39 is 0 Å². The quantitative estimate of drug-likeness (QED) is 0.889. The highest BCUT2D eigenvalue weighted by Gasteiger charge is 2.54. The summed E-state index contributed by atoms with van der Waals surface area (Å²) < 4.78 is 5.86. The molecule has 26 heavy (non-hydrogen) atoms. The minimum absolute atomic E-state index is 0.159. The van der Waals surface area contributed by atoms with Gasteiger partial charge in [0.05, 0.1) is 17.7 Å². The lowest BCUT2D eigenvalue weighted by Gasteiger charge is -2.28. The molecule has 2 aliphatic rings. The van der Waals surface area contributed by atoms with Gasteiger partial charge in [-0.15, -0.1) is 0 Å². The molecule has 2 saturated heterocycles. The lowest BCUT2D eigenvalue weighted by atomic mass is 9.77. The third-order valence-corrected chi connectivity index (χ3v) is 5.52. The van der Waals surface area contributed by atoms with E-state index in [0.29, 0.717) is 19.0 Å². The molecule has 136 valence electrons. The van der Waals surface area contributed by atoms with E-state index in [9.17, 15) is 4.79 Å². The number of rotatable bonds is 5. The molecule has 2 fully saturated rings. The van der Waals surface area contributed by atoms with Crippen molar-refractivity contribution in [1.29, 1.82) is 0 Å². The van der Waals surface area contributed by atoms with Crippen molar-refractivity contribution in [1.82, 2.24) is 20.2 Å². The van der Waals surface area contributed by atoms with Crippen LogP contribution < -0.4 is 10.1 Å². The summed E-state index contributed by atoms with van der Waals surface area (Å²) in [5, 5.41) is 3.05. The van der Waals surface area contributed by atoms with Crippen LogP contribution in [-0.2, 0) is 11.3 Å². The van der Waals surface area contributed by atoms with Crippen LogP contribution >= 0.6 is 0 Å². The summed E-state index contributed by atoms with van der Waals surface area (Å²) in [6.07, 6.45) is 2.58. The topological polar surface area (TPSA) is 67.4 Å². The van der Waals surface area contributed by atoms with E-state index in [0.717, 1.165) is 37.4 Å². The molecule has 1 spiro atoms. The number of ether oxygens (including phenoxy) is 1. The number of nitrogens with zero attached hydrogens (tertiary/aromatic N) is 3. The van der Waals surface area contributed by atoms with Gasteiger partial charge >= 0.3 is 0 Å². The molecule has 1 N–H and O–H groups in total. The van der Waals surface area contributed by atoms with Crippen molar-refractivity contribution in [3.63, 3.8) is 0 Å². The Balaban J connectivity index is 1.43. The van der Waals surface area contributed by atoms with Gasteiger partial charge < -0.3 is 10.1 Å². The monoisotopic (exact) mass is 352 g/mol. The van der Waals surface area contributed by atoms with Crippen LogP contribution in [0.1, 0.15) is 17.8 Å². The van der Waals surface area contributed by atoms with Crippen molar-refractivity contribution < 1.29 is 9.53 Å². The third-order valence-electron chi connectivity index (χ3n) is 5.52. The van der Waals surface area contributed by atoms with Crippen LogP contribution in [0.3, 0.4) is 0 Å². The normalized spacial score (nSPS) is 25.6. The summed E-state index contributed by atoms with van der Waals surface area (Å²) in [5.41, 5.74) is 1.72. The smallest absolute Gasteiger partial charge is 0.228 e. The first-order chi connectivity index (χ1) is 12.7. The predicted molar refractivity (Wildman–Crippen MR) is 97.5 cm³/mol. The summed E-state index contributed by atoms with van der Waals surface area (Å²) in [5.74, 6) is 0.931. The van der Waals surface area contributed by atoms with Gasteiger partial charge in [-0.1, -0.05) is 12.1 Å². The molecule has 2 atom stereocenters. The average Bonchev–Trinajstić information content (AvgIpc) is 3.20. The molecule has 2 aromatic heterocycles. The zero-order chi connectivity index (χ0) is 18.0. The summed E-state index contributed by atoms with van der Waals surface area (Å²) in [7, 11) is 0. The Hall–Kier alpha value is -2.47. The predicted octanol–water partition coefficient (Wildman–Crippen LogP) is 1.80. The summed E-state index contributed by atoms with van der Waals surface area (Å²) in [4.78, 5) is 23.8. The fourth-order valence-electron chi connectivity index (χ4n) is 4.09. The maximum atomic E-state index is 12.6. The van der Waals surface area contributed by atoms with Crippen LogP contribution in [0.25, 0.3) is 0 Å². The Bertz CT molecular complexity index is 782. The highest BCUT2D eigenvalue weighted by atomic mass is 16.5. The average molecular weight is 352 g/mol. The van der Waals surface area contributed by atoms with Crippen molar-refractivity contribution in [2.45, 2.75) is 19.9 Å². The highest BCUT2D eigenvalue weighted by Crippen LogP contribution is 2.42. The van der Waals surface area contributed by atoms with Crippen molar-refractivity contribution in [2.24, 2.45) is 11.3 Å². The van der Waals surface area contributed by atoms with Gasteiger partial charge in [0.15, 0.2) is 0 Å². The van der Waals surface area contributed by atoms with E-state index in [4.69, 9.17) is 4.74 Å². The molecule has 0 unspecified atom stereocenters. The number of aromatic nitrogens is 2. The Morgan fingerprint density at radius 2 is 2.23 bits per heavy atom. The minimum Gasteiger partial charge on any atom is -0.477 e. The standard InChI is InChI=1S/C20H24N4O2/c1-15-5-4-6-17(23-15)12-24-10-8-20(14-24)16(11-22-19(20)25)13-26-18-7-2-3-9-21-18/h2-7,9,16H,8,10-14H2,1H3,(H,22,25)/t16-,20-/m1/s1. The van der Waals surface area contributed by atoms with E-state index in [2.05, 4.69) is 20.2 Å². The number of carbonyl (C=O) groups excluding carboxylic acids is 1. The number of nitrogens with one attached hydrogen (secondary N) is 1. The van der Waals surface area contributed by atoms with E-state index in [1.165, 1.54) is 0 Å². The Labute approximate surface area is 153 Å². The Morgan fingerprint density at radius 1 is 1.31 bits per heavy atom. The van der Waals surface area contributed by atoms with Gasteiger partial charge in [-0.2, -0.15) is 0 Å². The number of aryl methyl sites for hydroxylation is 1. The van der Waals surface area contributed by atoms with Crippen molar-refractivity contribution in [3.8, 4) is 5.88 Å². The fourth-order valence-corrected chi connectivity index (χ4v) is 4.09.